The predicted octanol–water partition coefficient (Wildman–Crippen LogP) is 3.67. The number of rotatable bonds is 4. The Labute approximate surface area is 149 Å². The predicted molar refractivity (Wildman–Crippen MR) is 101 cm³/mol. The number of carbonyl (C=O) groups is 1. The van der Waals surface area contributed by atoms with Gasteiger partial charge in [0.05, 0.1) is 5.39 Å². The summed E-state index contributed by atoms with van der Waals surface area (Å²) in [5, 5.41) is 7.19. The molecule has 7 heteroatoms. The molecule has 0 radical (unpaired) electrons. The van der Waals surface area contributed by atoms with Crippen LogP contribution in [-0.2, 0) is 19.4 Å². The van der Waals surface area contributed by atoms with E-state index < -0.39 is 6.03 Å². The van der Waals surface area contributed by atoms with E-state index in [1.807, 2.05) is 24.3 Å². The van der Waals surface area contributed by atoms with Gasteiger partial charge in [-0.2, -0.15) is 0 Å². The summed E-state index contributed by atoms with van der Waals surface area (Å²) in [6.07, 6.45) is 6.41. The quantitative estimate of drug-likeness (QED) is 0.667. The van der Waals surface area contributed by atoms with E-state index in [0.717, 1.165) is 29.1 Å². The van der Waals surface area contributed by atoms with Crippen molar-refractivity contribution in [3.63, 3.8) is 0 Å². The summed E-state index contributed by atoms with van der Waals surface area (Å²) in [6, 6.07) is 7.03. The maximum atomic E-state index is 10.9. The average Bonchev–Trinajstić information content (AvgIpc) is 3.00. The van der Waals surface area contributed by atoms with E-state index in [2.05, 4.69) is 20.6 Å². The van der Waals surface area contributed by atoms with Crippen LogP contribution in [0.1, 0.15) is 28.8 Å². The number of hydrogen-bond acceptors (Lipinski definition) is 5. The first kappa shape index (κ1) is 15.8. The lowest BCUT2D eigenvalue weighted by molar-refractivity contribution is 0.259. The van der Waals surface area contributed by atoms with Crippen molar-refractivity contribution in [2.75, 3.05) is 10.6 Å². The van der Waals surface area contributed by atoms with Gasteiger partial charge in [-0.25, -0.2) is 14.8 Å². The van der Waals surface area contributed by atoms with Crippen molar-refractivity contribution in [1.82, 2.24) is 9.97 Å². The van der Waals surface area contributed by atoms with Gasteiger partial charge >= 0.3 is 6.03 Å². The van der Waals surface area contributed by atoms with Crippen LogP contribution >= 0.6 is 11.3 Å². The van der Waals surface area contributed by atoms with Crippen molar-refractivity contribution in [2.45, 2.75) is 32.2 Å². The fourth-order valence-corrected chi connectivity index (χ4v) is 4.49. The van der Waals surface area contributed by atoms with E-state index in [0.29, 0.717) is 12.2 Å². The molecule has 1 aliphatic carbocycles. The minimum Gasteiger partial charge on any atom is -0.365 e. The van der Waals surface area contributed by atoms with Crippen molar-refractivity contribution in [2.24, 2.45) is 5.73 Å². The zero-order chi connectivity index (χ0) is 17.2. The van der Waals surface area contributed by atoms with Crippen molar-refractivity contribution in [3.05, 3.63) is 46.6 Å². The van der Waals surface area contributed by atoms with Crippen molar-refractivity contribution in [3.8, 4) is 0 Å². The molecule has 4 N–H and O–H groups in total. The number of aryl methyl sites for hydroxylation is 2. The summed E-state index contributed by atoms with van der Waals surface area (Å²) < 4.78 is 0. The summed E-state index contributed by atoms with van der Waals surface area (Å²) in [6.45, 7) is 0.660. The van der Waals surface area contributed by atoms with Crippen LogP contribution in [0.3, 0.4) is 0 Å². The number of nitrogens with two attached hydrogens (primary N) is 1. The highest BCUT2D eigenvalue weighted by molar-refractivity contribution is 7.19. The lowest BCUT2D eigenvalue weighted by Gasteiger charge is -2.12. The van der Waals surface area contributed by atoms with E-state index in [1.165, 1.54) is 28.7 Å². The molecule has 1 aliphatic rings. The number of primary amides is 1. The molecule has 128 valence electrons. The van der Waals surface area contributed by atoms with E-state index in [1.54, 1.807) is 17.7 Å². The van der Waals surface area contributed by atoms with Crippen LogP contribution in [0.15, 0.2) is 30.6 Å². The summed E-state index contributed by atoms with van der Waals surface area (Å²) in [7, 11) is 0. The van der Waals surface area contributed by atoms with Gasteiger partial charge in [0.1, 0.15) is 17.0 Å². The van der Waals surface area contributed by atoms with Gasteiger partial charge in [-0.3, -0.25) is 0 Å². The molecule has 0 bridgehead atoms. The largest absolute Gasteiger partial charge is 0.365 e. The normalized spacial score (nSPS) is 13.4. The molecule has 1 aromatic carbocycles. The highest BCUT2D eigenvalue weighted by atomic mass is 32.1. The number of nitrogens with zero attached hydrogens (tertiary/aromatic N) is 2. The van der Waals surface area contributed by atoms with Crippen LogP contribution in [0.4, 0.5) is 16.3 Å². The molecular weight excluding hydrogens is 334 g/mol. The second kappa shape index (κ2) is 6.68. The number of amides is 2. The molecule has 4 rings (SSSR count). The first-order chi connectivity index (χ1) is 12.2. The Morgan fingerprint density at radius 2 is 1.96 bits per heavy atom. The first-order valence-electron chi connectivity index (χ1n) is 8.35. The van der Waals surface area contributed by atoms with Crippen molar-refractivity contribution in [1.29, 1.82) is 0 Å². The molecule has 0 fully saturated rings. The van der Waals surface area contributed by atoms with Gasteiger partial charge in [-0.15, -0.1) is 11.3 Å². The number of thiophene rings is 1. The molecule has 0 atom stereocenters. The van der Waals surface area contributed by atoms with Crippen LogP contribution < -0.4 is 16.4 Å². The van der Waals surface area contributed by atoms with E-state index in [4.69, 9.17) is 5.73 Å². The van der Waals surface area contributed by atoms with Gasteiger partial charge in [0, 0.05) is 17.1 Å². The minimum absolute atomic E-state index is 0.559. The number of fused-ring (bicyclic) bond motifs is 3. The van der Waals surface area contributed by atoms with Crippen LogP contribution in [-0.4, -0.2) is 16.0 Å². The van der Waals surface area contributed by atoms with Gasteiger partial charge < -0.3 is 16.4 Å². The zero-order valence-electron chi connectivity index (χ0n) is 13.7. The first-order valence-corrected chi connectivity index (χ1v) is 9.17. The molecule has 0 aliphatic heterocycles. The van der Waals surface area contributed by atoms with E-state index in [-0.39, 0.29) is 0 Å². The molecule has 3 aromatic rings. The highest BCUT2D eigenvalue weighted by Gasteiger charge is 2.19. The lowest BCUT2D eigenvalue weighted by Crippen LogP contribution is -2.19. The van der Waals surface area contributed by atoms with Crippen LogP contribution in [0, 0.1) is 0 Å². The number of anilines is 2. The van der Waals surface area contributed by atoms with E-state index >= 15 is 0 Å². The zero-order valence-corrected chi connectivity index (χ0v) is 14.5. The molecule has 0 spiro atoms. The SMILES string of the molecule is NC(=O)Nc1ccc(CNc2ncnc3sc4c(c23)CCCC4)cc1. The fourth-order valence-electron chi connectivity index (χ4n) is 3.26. The summed E-state index contributed by atoms with van der Waals surface area (Å²) in [5.74, 6) is 0.906. The Kier molecular flexibility index (Phi) is 4.23. The monoisotopic (exact) mass is 353 g/mol. The Bertz CT molecular complexity index is 919. The second-order valence-corrected chi connectivity index (χ2v) is 7.24. The Balaban J connectivity index is 1.55. The highest BCUT2D eigenvalue weighted by Crippen LogP contribution is 2.38. The molecule has 2 amide bonds. The molecule has 0 saturated heterocycles. The van der Waals surface area contributed by atoms with Gasteiger partial charge in [0.25, 0.3) is 0 Å². The summed E-state index contributed by atoms with van der Waals surface area (Å²) in [5.41, 5.74) is 8.34. The average molecular weight is 353 g/mol. The van der Waals surface area contributed by atoms with Gasteiger partial charge in [-0.1, -0.05) is 12.1 Å². The third-order valence-corrected chi connectivity index (χ3v) is 5.63. The maximum Gasteiger partial charge on any atom is 0.316 e. The van der Waals surface area contributed by atoms with E-state index in [9.17, 15) is 4.79 Å². The molecule has 2 heterocycles. The van der Waals surface area contributed by atoms with Crippen LogP contribution in [0.5, 0.6) is 0 Å². The van der Waals surface area contributed by atoms with Crippen molar-refractivity contribution < 1.29 is 4.79 Å². The fraction of sp³-hybridized carbons (Fsp3) is 0.278. The lowest BCUT2D eigenvalue weighted by atomic mass is 9.97. The third-order valence-electron chi connectivity index (χ3n) is 4.43. The molecule has 6 nitrogen and oxygen atoms in total. The second-order valence-electron chi connectivity index (χ2n) is 6.15. The Morgan fingerprint density at radius 3 is 2.76 bits per heavy atom. The van der Waals surface area contributed by atoms with Crippen molar-refractivity contribution >= 4 is 39.1 Å². The molecular formula is C18H19N5OS. The number of hydrogen-bond donors (Lipinski definition) is 3. The Hall–Kier alpha value is -2.67. The molecule has 0 unspecified atom stereocenters. The number of benzene rings is 1. The third kappa shape index (κ3) is 3.28. The summed E-state index contributed by atoms with van der Waals surface area (Å²) >= 11 is 1.80. The van der Waals surface area contributed by atoms with Gasteiger partial charge in [0.15, 0.2) is 0 Å². The standard InChI is InChI=1S/C18H19N5OS/c19-18(24)23-12-7-5-11(6-8-12)9-20-16-15-13-3-1-2-4-14(13)25-17(15)22-10-21-16/h5-8,10H,1-4,9H2,(H3,19,23,24)(H,20,21,22). The number of aromatic nitrogens is 2. The molecule has 2 aromatic heterocycles. The molecule has 25 heavy (non-hydrogen) atoms. The topological polar surface area (TPSA) is 92.9 Å². The number of urea groups is 1. The number of nitrogens with one attached hydrogen (secondary N) is 2. The minimum atomic E-state index is -0.559. The smallest absolute Gasteiger partial charge is 0.316 e. The van der Waals surface area contributed by atoms with Crippen LogP contribution in [0.25, 0.3) is 10.2 Å². The summed E-state index contributed by atoms with van der Waals surface area (Å²) in [4.78, 5) is 22.3. The molecule has 0 saturated carbocycles. The maximum absolute atomic E-state index is 10.9. The Morgan fingerprint density at radius 1 is 1.16 bits per heavy atom. The number of carbonyl (C=O) groups excluding carboxylic acids is 1. The van der Waals surface area contributed by atoms with Crippen LogP contribution in [0.2, 0.25) is 0 Å². The van der Waals surface area contributed by atoms with Gasteiger partial charge in [-0.05, 0) is 48.9 Å². The van der Waals surface area contributed by atoms with Gasteiger partial charge in [0.2, 0.25) is 0 Å².